The third-order valence-electron chi connectivity index (χ3n) is 3.34. The SMILES string of the molecule is CC(C)(C)NC(=O)CNC(=O)[C@H]1C[C@@H]1c1cccc(Br)c1. The van der Waals surface area contributed by atoms with E-state index in [1.807, 2.05) is 45.0 Å². The number of benzene rings is 1. The standard InChI is InChI=1S/C16H21BrN2O2/c1-16(2,3)19-14(20)9-18-15(21)13-8-12(13)10-5-4-6-11(17)7-10/h4-7,12-13H,8-9H2,1-3H3,(H,18,21)(H,19,20)/t12-,13+/m1/s1. The molecule has 2 amide bonds. The molecule has 0 saturated heterocycles. The largest absolute Gasteiger partial charge is 0.350 e. The lowest BCUT2D eigenvalue weighted by Crippen LogP contribution is -2.46. The number of nitrogens with one attached hydrogen (secondary N) is 2. The molecule has 0 heterocycles. The van der Waals surface area contributed by atoms with E-state index in [1.54, 1.807) is 0 Å². The Kier molecular flexibility index (Phi) is 4.71. The molecule has 21 heavy (non-hydrogen) atoms. The van der Waals surface area contributed by atoms with Gasteiger partial charge in [-0.3, -0.25) is 9.59 Å². The monoisotopic (exact) mass is 352 g/mol. The number of amides is 2. The van der Waals surface area contributed by atoms with Gasteiger partial charge in [-0.1, -0.05) is 28.1 Å². The van der Waals surface area contributed by atoms with Crippen LogP contribution in [-0.2, 0) is 9.59 Å². The van der Waals surface area contributed by atoms with Crippen LogP contribution in [0.2, 0.25) is 0 Å². The lowest BCUT2D eigenvalue weighted by Gasteiger charge is -2.20. The zero-order chi connectivity index (χ0) is 15.6. The smallest absolute Gasteiger partial charge is 0.239 e. The van der Waals surface area contributed by atoms with E-state index in [0.717, 1.165) is 10.9 Å². The number of carbonyl (C=O) groups excluding carboxylic acids is 2. The van der Waals surface area contributed by atoms with Gasteiger partial charge in [-0.25, -0.2) is 0 Å². The van der Waals surface area contributed by atoms with Crippen molar-refractivity contribution in [2.75, 3.05) is 6.54 Å². The first-order chi connectivity index (χ1) is 9.76. The van der Waals surface area contributed by atoms with E-state index in [2.05, 4.69) is 26.6 Å². The van der Waals surface area contributed by atoms with Crippen molar-refractivity contribution in [1.29, 1.82) is 0 Å². The quantitative estimate of drug-likeness (QED) is 0.874. The predicted octanol–water partition coefficient (Wildman–Crippen LogP) is 2.58. The maximum absolute atomic E-state index is 12.0. The van der Waals surface area contributed by atoms with Crippen molar-refractivity contribution in [3.8, 4) is 0 Å². The Balaban J connectivity index is 1.80. The summed E-state index contributed by atoms with van der Waals surface area (Å²) in [4.78, 5) is 23.7. The van der Waals surface area contributed by atoms with Gasteiger partial charge in [0.05, 0.1) is 6.54 Å². The first-order valence-corrected chi connectivity index (χ1v) is 7.90. The molecule has 114 valence electrons. The van der Waals surface area contributed by atoms with Gasteiger partial charge >= 0.3 is 0 Å². The van der Waals surface area contributed by atoms with Crippen LogP contribution >= 0.6 is 15.9 Å². The van der Waals surface area contributed by atoms with Gasteiger partial charge in [-0.15, -0.1) is 0 Å². The molecular formula is C16H21BrN2O2. The molecule has 5 heteroatoms. The van der Waals surface area contributed by atoms with E-state index in [0.29, 0.717) is 0 Å². The van der Waals surface area contributed by atoms with E-state index < -0.39 is 0 Å². The van der Waals surface area contributed by atoms with Gasteiger partial charge in [-0.05, 0) is 50.8 Å². The van der Waals surface area contributed by atoms with Crippen LogP contribution in [0, 0.1) is 5.92 Å². The zero-order valence-corrected chi connectivity index (χ0v) is 14.2. The topological polar surface area (TPSA) is 58.2 Å². The molecule has 2 N–H and O–H groups in total. The Morgan fingerprint density at radius 3 is 2.67 bits per heavy atom. The molecule has 1 aliphatic carbocycles. The Bertz CT molecular complexity index is 551. The summed E-state index contributed by atoms with van der Waals surface area (Å²) >= 11 is 3.44. The maximum Gasteiger partial charge on any atom is 0.239 e. The molecule has 1 saturated carbocycles. The average Bonchev–Trinajstić information content (AvgIpc) is 3.14. The molecule has 0 unspecified atom stereocenters. The molecule has 0 bridgehead atoms. The molecule has 1 aromatic rings. The van der Waals surface area contributed by atoms with E-state index in [9.17, 15) is 9.59 Å². The van der Waals surface area contributed by atoms with Gasteiger partial charge in [0, 0.05) is 15.9 Å². The third-order valence-corrected chi connectivity index (χ3v) is 3.83. The normalized spacial score (nSPS) is 20.8. The summed E-state index contributed by atoms with van der Waals surface area (Å²) in [5, 5.41) is 5.54. The van der Waals surface area contributed by atoms with E-state index in [-0.39, 0.29) is 35.7 Å². The Morgan fingerprint density at radius 1 is 1.33 bits per heavy atom. The van der Waals surface area contributed by atoms with Crippen molar-refractivity contribution >= 4 is 27.7 Å². The molecule has 2 rings (SSSR count). The van der Waals surface area contributed by atoms with Crippen molar-refractivity contribution in [1.82, 2.24) is 10.6 Å². The second-order valence-corrected chi connectivity index (χ2v) is 7.44. The molecule has 2 atom stereocenters. The minimum atomic E-state index is -0.278. The summed E-state index contributed by atoms with van der Waals surface area (Å²) in [5.41, 5.74) is 0.893. The highest BCUT2D eigenvalue weighted by Gasteiger charge is 2.43. The van der Waals surface area contributed by atoms with E-state index >= 15 is 0 Å². The van der Waals surface area contributed by atoms with Crippen LogP contribution in [0.5, 0.6) is 0 Å². The van der Waals surface area contributed by atoms with Crippen molar-refractivity contribution in [3.63, 3.8) is 0 Å². The molecule has 0 spiro atoms. The highest BCUT2D eigenvalue weighted by Crippen LogP contribution is 2.47. The van der Waals surface area contributed by atoms with E-state index in [1.165, 1.54) is 5.56 Å². The second kappa shape index (κ2) is 6.18. The molecule has 0 aromatic heterocycles. The number of carbonyl (C=O) groups is 2. The molecule has 1 fully saturated rings. The van der Waals surface area contributed by atoms with Gasteiger partial charge in [0.25, 0.3) is 0 Å². The predicted molar refractivity (Wildman–Crippen MR) is 85.9 cm³/mol. The maximum atomic E-state index is 12.0. The second-order valence-electron chi connectivity index (χ2n) is 6.52. The summed E-state index contributed by atoms with van der Waals surface area (Å²) in [5.74, 6) is 0.0643. The van der Waals surface area contributed by atoms with Crippen LogP contribution in [0.25, 0.3) is 0 Å². The zero-order valence-electron chi connectivity index (χ0n) is 12.6. The fourth-order valence-electron chi connectivity index (χ4n) is 2.35. The number of halogens is 1. The molecule has 1 aliphatic rings. The Morgan fingerprint density at radius 2 is 2.05 bits per heavy atom. The highest BCUT2D eigenvalue weighted by molar-refractivity contribution is 9.10. The van der Waals surface area contributed by atoms with Crippen LogP contribution in [0.15, 0.2) is 28.7 Å². The highest BCUT2D eigenvalue weighted by atomic mass is 79.9. The van der Waals surface area contributed by atoms with Crippen molar-refractivity contribution in [2.24, 2.45) is 5.92 Å². The molecule has 0 radical (unpaired) electrons. The van der Waals surface area contributed by atoms with Gasteiger partial charge in [0.15, 0.2) is 0 Å². The van der Waals surface area contributed by atoms with Gasteiger partial charge in [0.1, 0.15) is 0 Å². The van der Waals surface area contributed by atoms with Gasteiger partial charge in [-0.2, -0.15) is 0 Å². The first-order valence-electron chi connectivity index (χ1n) is 7.10. The number of hydrogen-bond donors (Lipinski definition) is 2. The minimum absolute atomic E-state index is 0.0123. The Hall–Kier alpha value is -1.36. The summed E-state index contributed by atoms with van der Waals surface area (Å²) in [6.07, 6.45) is 0.850. The molecule has 1 aromatic carbocycles. The van der Waals surface area contributed by atoms with Crippen LogP contribution in [-0.4, -0.2) is 23.9 Å². The van der Waals surface area contributed by atoms with E-state index in [4.69, 9.17) is 0 Å². The van der Waals surface area contributed by atoms with Gasteiger partial charge in [0.2, 0.25) is 11.8 Å². The van der Waals surface area contributed by atoms with Crippen LogP contribution < -0.4 is 10.6 Å². The van der Waals surface area contributed by atoms with Crippen LogP contribution in [0.1, 0.15) is 38.7 Å². The summed E-state index contributed by atoms with van der Waals surface area (Å²) < 4.78 is 1.02. The summed E-state index contributed by atoms with van der Waals surface area (Å²) in [6.45, 7) is 5.78. The van der Waals surface area contributed by atoms with Crippen molar-refractivity contribution in [3.05, 3.63) is 34.3 Å². The van der Waals surface area contributed by atoms with Crippen LogP contribution in [0.3, 0.4) is 0 Å². The third kappa shape index (κ3) is 4.84. The van der Waals surface area contributed by atoms with Crippen molar-refractivity contribution < 1.29 is 9.59 Å². The molecule has 0 aliphatic heterocycles. The number of hydrogen-bond acceptors (Lipinski definition) is 2. The van der Waals surface area contributed by atoms with Crippen LogP contribution in [0.4, 0.5) is 0 Å². The minimum Gasteiger partial charge on any atom is -0.350 e. The molecule has 4 nitrogen and oxygen atoms in total. The van der Waals surface area contributed by atoms with Crippen molar-refractivity contribution in [2.45, 2.75) is 38.6 Å². The first kappa shape index (κ1) is 16.0. The van der Waals surface area contributed by atoms with Gasteiger partial charge < -0.3 is 10.6 Å². The summed E-state index contributed by atoms with van der Waals surface area (Å²) in [6, 6.07) is 8.03. The lowest BCUT2D eigenvalue weighted by molar-refractivity contribution is -0.127. The average molecular weight is 353 g/mol. The number of rotatable bonds is 4. The lowest BCUT2D eigenvalue weighted by atomic mass is 10.1. The fourth-order valence-corrected chi connectivity index (χ4v) is 2.77. The fraction of sp³-hybridized carbons (Fsp3) is 0.500. The Labute approximate surface area is 133 Å². The summed E-state index contributed by atoms with van der Waals surface area (Å²) in [7, 11) is 0. The molecular weight excluding hydrogens is 332 g/mol.